The predicted octanol–water partition coefficient (Wildman–Crippen LogP) is 3.24. The molecule has 0 heterocycles. The summed E-state index contributed by atoms with van der Waals surface area (Å²) in [6.07, 6.45) is -2.21. The molecule has 1 aromatic carbocycles. The molecule has 0 amide bonds. The van der Waals surface area contributed by atoms with Gasteiger partial charge in [-0.15, -0.1) is 0 Å². The molecule has 0 unspecified atom stereocenters. The number of hydrogen-bond donors (Lipinski definition) is 0. The molecule has 0 aromatic heterocycles. The van der Waals surface area contributed by atoms with E-state index in [0.717, 1.165) is 12.1 Å². The van der Waals surface area contributed by atoms with Crippen molar-refractivity contribution in [2.75, 3.05) is 0 Å². The SMILES string of the molecule is CC(=O)c1cc(C(F)F)cc(C=O)c1I. The summed E-state index contributed by atoms with van der Waals surface area (Å²) in [7, 11) is 0. The molecule has 80 valence electrons. The van der Waals surface area contributed by atoms with Gasteiger partial charge in [0.2, 0.25) is 0 Å². The highest BCUT2D eigenvalue weighted by atomic mass is 127. The third kappa shape index (κ3) is 2.58. The summed E-state index contributed by atoms with van der Waals surface area (Å²) < 4.78 is 25.3. The van der Waals surface area contributed by atoms with Crippen LogP contribution in [-0.4, -0.2) is 12.1 Å². The molecule has 2 nitrogen and oxygen atoms in total. The topological polar surface area (TPSA) is 34.1 Å². The summed E-state index contributed by atoms with van der Waals surface area (Å²) in [5.41, 5.74) is -0.0168. The van der Waals surface area contributed by atoms with Crippen molar-refractivity contribution in [3.05, 3.63) is 32.4 Å². The fourth-order valence-electron chi connectivity index (χ4n) is 1.14. The minimum atomic E-state index is -2.68. The molecule has 15 heavy (non-hydrogen) atoms. The van der Waals surface area contributed by atoms with Gasteiger partial charge in [-0.3, -0.25) is 9.59 Å². The van der Waals surface area contributed by atoms with Gasteiger partial charge in [0, 0.05) is 20.3 Å². The quantitative estimate of drug-likeness (QED) is 0.486. The van der Waals surface area contributed by atoms with Gasteiger partial charge < -0.3 is 0 Å². The van der Waals surface area contributed by atoms with Crippen molar-refractivity contribution in [1.29, 1.82) is 0 Å². The van der Waals surface area contributed by atoms with E-state index in [1.54, 1.807) is 22.6 Å². The van der Waals surface area contributed by atoms with Gasteiger partial charge in [0.15, 0.2) is 12.1 Å². The largest absolute Gasteiger partial charge is 0.298 e. The molecule has 5 heteroatoms. The number of hydrogen-bond acceptors (Lipinski definition) is 2. The first-order chi connectivity index (χ1) is 6.97. The van der Waals surface area contributed by atoms with Crippen LogP contribution in [0.5, 0.6) is 0 Å². The molecular formula is C10H7F2IO2. The maximum absolute atomic E-state index is 12.4. The predicted molar refractivity (Wildman–Crippen MR) is 59.5 cm³/mol. The summed E-state index contributed by atoms with van der Waals surface area (Å²) in [6.45, 7) is 1.28. The van der Waals surface area contributed by atoms with Crippen LogP contribution in [0.25, 0.3) is 0 Å². The minimum Gasteiger partial charge on any atom is -0.298 e. The standard InChI is InChI=1S/C10H7F2IO2/c1-5(15)8-3-6(10(11)12)2-7(4-14)9(8)13/h2-4,10H,1H3. The second-order valence-electron chi connectivity index (χ2n) is 2.95. The summed E-state index contributed by atoms with van der Waals surface area (Å²) in [5.74, 6) is -0.329. The number of benzene rings is 1. The van der Waals surface area contributed by atoms with Gasteiger partial charge in [0.1, 0.15) is 0 Å². The van der Waals surface area contributed by atoms with E-state index in [9.17, 15) is 18.4 Å². The van der Waals surface area contributed by atoms with Gasteiger partial charge in [0.25, 0.3) is 6.43 Å². The number of aldehydes is 1. The molecule has 0 aliphatic rings. The number of Topliss-reactive ketones (excluding diaryl/α,β-unsaturated/α-hetero) is 1. The van der Waals surface area contributed by atoms with E-state index in [2.05, 4.69) is 0 Å². The average molecular weight is 324 g/mol. The molecule has 1 rings (SSSR count). The summed E-state index contributed by atoms with van der Waals surface area (Å²) in [6, 6.07) is 2.23. The zero-order valence-electron chi connectivity index (χ0n) is 7.76. The third-order valence-corrected chi connectivity index (χ3v) is 3.09. The van der Waals surface area contributed by atoms with E-state index < -0.39 is 6.43 Å². The zero-order chi connectivity index (χ0) is 11.6. The Morgan fingerprint density at radius 2 is 2.07 bits per heavy atom. The average Bonchev–Trinajstić information content (AvgIpc) is 2.17. The Balaban J connectivity index is 3.45. The lowest BCUT2D eigenvalue weighted by atomic mass is 10.0. The first kappa shape index (κ1) is 12.2. The maximum atomic E-state index is 12.4. The number of halogens is 3. The molecule has 0 aliphatic carbocycles. The van der Waals surface area contributed by atoms with Gasteiger partial charge in [-0.25, -0.2) is 8.78 Å². The molecule has 0 spiro atoms. The van der Waals surface area contributed by atoms with Crippen molar-refractivity contribution in [2.24, 2.45) is 0 Å². The van der Waals surface area contributed by atoms with Gasteiger partial charge in [-0.1, -0.05) is 0 Å². The number of carbonyl (C=O) groups is 2. The van der Waals surface area contributed by atoms with Gasteiger partial charge >= 0.3 is 0 Å². The summed E-state index contributed by atoms with van der Waals surface area (Å²) in [5, 5.41) is 0. The van der Waals surface area contributed by atoms with Crippen molar-refractivity contribution in [3.8, 4) is 0 Å². The number of alkyl halides is 2. The highest BCUT2D eigenvalue weighted by Crippen LogP contribution is 2.25. The molecule has 0 saturated carbocycles. The van der Waals surface area contributed by atoms with Crippen LogP contribution in [0.1, 0.15) is 39.6 Å². The second-order valence-corrected chi connectivity index (χ2v) is 4.03. The Labute approximate surface area is 98.8 Å². The molecule has 0 radical (unpaired) electrons. The van der Waals surface area contributed by atoms with E-state index in [-0.39, 0.29) is 22.5 Å². The van der Waals surface area contributed by atoms with Crippen molar-refractivity contribution in [2.45, 2.75) is 13.3 Å². The van der Waals surface area contributed by atoms with Crippen LogP contribution in [0.2, 0.25) is 0 Å². The summed E-state index contributed by atoms with van der Waals surface area (Å²) >= 11 is 1.80. The van der Waals surface area contributed by atoms with Crippen LogP contribution in [0, 0.1) is 3.57 Å². The lowest BCUT2D eigenvalue weighted by Crippen LogP contribution is -2.02. The molecule has 0 saturated heterocycles. The van der Waals surface area contributed by atoms with E-state index in [1.165, 1.54) is 6.92 Å². The maximum Gasteiger partial charge on any atom is 0.263 e. The Hall–Kier alpha value is -0.850. The van der Waals surface area contributed by atoms with Gasteiger partial charge in [0.05, 0.1) is 0 Å². The second kappa shape index (κ2) is 4.78. The minimum absolute atomic E-state index is 0.124. The van der Waals surface area contributed by atoms with E-state index in [4.69, 9.17) is 0 Å². The van der Waals surface area contributed by atoms with Crippen molar-refractivity contribution in [3.63, 3.8) is 0 Å². The fourth-order valence-corrected chi connectivity index (χ4v) is 1.96. The Morgan fingerprint density at radius 3 is 2.47 bits per heavy atom. The molecule has 0 fully saturated rings. The highest BCUT2D eigenvalue weighted by molar-refractivity contribution is 14.1. The van der Waals surface area contributed by atoms with Crippen LogP contribution in [-0.2, 0) is 0 Å². The first-order valence-electron chi connectivity index (χ1n) is 4.05. The lowest BCUT2D eigenvalue weighted by molar-refractivity contribution is 0.101. The van der Waals surface area contributed by atoms with Crippen LogP contribution < -0.4 is 0 Å². The lowest BCUT2D eigenvalue weighted by Gasteiger charge is -2.07. The number of ketones is 1. The van der Waals surface area contributed by atoms with Crippen LogP contribution >= 0.6 is 22.6 Å². The molecule has 0 N–H and O–H groups in total. The molecule has 0 bridgehead atoms. The zero-order valence-corrected chi connectivity index (χ0v) is 9.92. The monoisotopic (exact) mass is 324 g/mol. The van der Waals surface area contributed by atoms with Gasteiger partial charge in [-0.05, 0) is 41.6 Å². The Kier molecular flexibility index (Phi) is 3.90. The molecular weight excluding hydrogens is 317 g/mol. The Morgan fingerprint density at radius 1 is 1.47 bits per heavy atom. The smallest absolute Gasteiger partial charge is 0.263 e. The first-order valence-corrected chi connectivity index (χ1v) is 5.13. The van der Waals surface area contributed by atoms with Crippen molar-refractivity contribution in [1.82, 2.24) is 0 Å². The van der Waals surface area contributed by atoms with Crippen LogP contribution in [0.15, 0.2) is 12.1 Å². The van der Waals surface area contributed by atoms with E-state index >= 15 is 0 Å². The number of carbonyl (C=O) groups excluding carboxylic acids is 2. The van der Waals surface area contributed by atoms with Gasteiger partial charge in [-0.2, -0.15) is 0 Å². The van der Waals surface area contributed by atoms with Crippen molar-refractivity contribution >= 4 is 34.7 Å². The van der Waals surface area contributed by atoms with E-state index in [0.29, 0.717) is 9.86 Å². The molecule has 1 aromatic rings. The van der Waals surface area contributed by atoms with E-state index in [1.807, 2.05) is 0 Å². The van der Waals surface area contributed by atoms with Crippen molar-refractivity contribution < 1.29 is 18.4 Å². The molecule has 0 atom stereocenters. The summed E-state index contributed by atoms with van der Waals surface area (Å²) in [4.78, 5) is 21.8. The molecule has 0 aliphatic heterocycles. The Bertz CT molecular complexity index is 416. The third-order valence-electron chi connectivity index (χ3n) is 1.88. The van der Waals surface area contributed by atoms with Crippen LogP contribution in [0.3, 0.4) is 0 Å². The number of rotatable bonds is 3. The highest BCUT2D eigenvalue weighted by Gasteiger charge is 2.16. The fraction of sp³-hybridized carbons (Fsp3) is 0.200. The normalized spacial score (nSPS) is 10.5. The van der Waals surface area contributed by atoms with Crippen LogP contribution in [0.4, 0.5) is 8.78 Å².